The average molecular weight is 471 g/mol. The molecule has 1 aliphatic heterocycles. The Morgan fingerprint density at radius 1 is 1.12 bits per heavy atom. The molecule has 26 heavy (non-hydrogen) atoms. The highest BCUT2D eigenvalue weighted by Gasteiger charge is 2.13. The topological polar surface area (TPSA) is 56.9 Å². The van der Waals surface area contributed by atoms with Gasteiger partial charge >= 0.3 is 0 Å². The van der Waals surface area contributed by atoms with Gasteiger partial charge in [0.1, 0.15) is 0 Å². The van der Waals surface area contributed by atoms with Gasteiger partial charge in [0.2, 0.25) is 0 Å². The van der Waals surface area contributed by atoms with Gasteiger partial charge in [-0.2, -0.15) is 0 Å². The minimum atomic E-state index is 0. The molecule has 1 saturated heterocycles. The maximum atomic E-state index is 6.12. The monoisotopic (exact) mass is 471 g/mol. The van der Waals surface area contributed by atoms with E-state index in [2.05, 4.69) is 45.4 Å². The highest BCUT2D eigenvalue weighted by Crippen LogP contribution is 2.27. The Morgan fingerprint density at radius 3 is 2.85 bits per heavy atom. The zero-order chi connectivity index (χ0) is 17.5. The minimum Gasteiger partial charge on any atom is -0.370 e. The summed E-state index contributed by atoms with van der Waals surface area (Å²) in [7, 11) is 2.21. The number of anilines is 1. The lowest BCUT2D eigenvalue weighted by molar-refractivity contribution is 0.275. The number of halogens is 1. The summed E-state index contributed by atoms with van der Waals surface area (Å²) in [5.74, 6) is 0.551. The molecule has 146 valence electrons. The Kier molecular flexibility index (Phi) is 9.15. The number of rotatable bonds is 5. The summed E-state index contributed by atoms with van der Waals surface area (Å²) < 4.78 is 0. The fourth-order valence-corrected chi connectivity index (χ4v) is 3.89. The largest absolute Gasteiger partial charge is 0.370 e. The molecule has 3 rings (SSSR count). The second-order valence-corrected chi connectivity index (χ2v) is 7.39. The van der Waals surface area contributed by atoms with Gasteiger partial charge in [-0.05, 0) is 82.4 Å². The van der Waals surface area contributed by atoms with Crippen molar-refractivity contribution in [2.24, 2.45) is 10.7 Å². The van der Waals surface area contributed by atoms with Crippen LogP contribution in [-0.4, -0.2) is 62.1 Å². The molecular formula is C20H34IN5. The van der Waals surface area contributed by atoms with Crippen LogP contribution in [0, 0.1) is 0 Å². The number of aliphatic imine (C=N–C) groups is 1. The summed E-state index contributed by atoms with van der Waals surface area (Å²) in [6.07, 6.45) is 7.24. The number of aryl methyl sites for hydroxylation is 1. The summed E-state index contributed by atoms with van der Waals surface area (Å²) in [6.45, 7) is 6.67. The van der Waals surface area contributed by atoms with Crippen LogP contribution in [-0.2, 0) is 12.8 Å². The van der Waals surface area contributed by atoms with Crippen molar-refractivity contribution < 1.29 is 0 Å². The molecule has 6 heteroatoms. The van der Waals surface area contributed by atoms with Crippen molar-refractivity contribution in [3.8, 4) is 0 Å². The van der Waals surface area contributed by atoms with Crippen molar-refractivity contribution in [3.05, 3.63) is 29.3 Å². The smallest absolute Gasteiger partial charge is 0.193 e. The van der Waals surface area contributed by atoms with Gasteiger partial charge in [-0.25, -0.2) is 0 Å². The lowest BCUT2D eigenvalue weighted by Crippen LogP contribution is -2.30. The van der Waals surface area contributed by atoms with Crippen LogP contribution in [0.3, 0.4) is 0 Å². The fraction of sp³-hybridized carbons (Fsp3) is 0.650. The molecule has 0 spiro atoms. The van der Waals surface area contributed by atoms with Gasteiger partial charge < -0.3 is 20.9 Å². The standard InChI is InChI=1S/C20H33N5.HI/c1-24-12-6-14-25(16-15-24)13-5-11-22-20(21)23-19-10-4-8-17-7-2-3-9-18(17)19;/h4,8,10H,2-3,5-7,9,11-16H2,1H3,(H3,21,22,23);1H. The number of hydrogen-bond donors (Lipinski definition) is 2. The number of nitrogens with one attached hydrogen (secondary N) is 1. The number of likely N-dealkylation sites (N-methyl/N-ethyl adjacent to an activating group) is 1. The predicted octanol–water partition coefficient (Wildman–Crippen LogP) is 2.94. The van der Waals surface area contributed by atoms with Crippen LogP contribution in [0.25, 0.3) is 0 Å². The molecule has 0 radical (unpaired) electrons. The first-order valence-electron chi connectivity index (χ1n) is 9.81. The van der Waals surface area contributed by atoms with Crippen LogP contribution in [0.4, 0.5) is 5.69 Å². The Hall–Kier alpha value is -0.860. The molecule has 0 unspecified atom stereocenters. The first kappa shape index (κ1) is 21.4. The highest BCUT2D eigenvalue weighted by molar-refractivity contribution is 14.0. The number of nitrogens with zero attached hydrogens (tertiary/aromatic N) is 3. The molecule has 1 fully saturated rings. The van der Waals surface area contributed by atoms with Gasteiger partial charge in [0, 0.05) is 25.3 Å². The summed E-state index contributed by atoms with van der Waals surface area (Å²) in [5, 5.41) is 3.33. The quantitative estimate of drug-likeness (QED) is 0.300. The van der Waals surface area contributed by atoms with Crippen LogP contribution in [0.2, 0.25) is 0 Å². The summed E-state index contributed by atoms with van der Waals surface area (Å²) in [6, 6.07) is 6.49. The minimum absolute atomic E-state index is 0. The third-order valence-corrected chi connectivity index (χ3v) is 5.39. The van der Waals surface area contributed by atoms with Gasteiger partial charge in [-0.3, -0.25) is 4.99 Å². The molecule has 0 aromatic heterocycles. The predicted molar refractivity (Wildman–Crippen MR) is 122 cm³/mol. The first-order valence-corrected chi connectivity index (χ1v) is 9.81. The number of nitrogens with two attached hydrogens (primary N) is 1. The molecule has 2 aliphatic rings. The Balaban J connectivity index is 0.00000243. The summed E-state index contributed by atoms with van der Waals surface area (Å²) >= 11 is 0. The van der Waals surface area contributed by atoms with Crippen molar-refractivity contribution in [2.45, 2.75) is 38.5 Å². The SMILES string of the molecule is CN1CCCN(CCCN=C(N)Nc2cccc3c2CCCC3)CC1.I. The van der Waals surface area contributed by atoms with Crippen LogP contribution in [0.5, 0.6) is 0 Å². The molecule has 1 heterocycles. The lowest BCUT2D eigenvalue weighted by atomic mass is 9.90. The molecule has 0 saturated carbocycles. The molecule has 0 bridgehead atoms. The van der Waals surface area contributed by atoms with E-state index >= 15 is 0 Å². The van der Waals surface area contributed by atoms with Gasteiger partial charge in [-0.15, -0.1) is 24.0 Å². The van der Waals surface area contributed by atoms with Crippen LogP contribution >= 0.6 is 24.0 Å². The van der Waals surface area contributed by atoms with Crippen molar-refractivity contribution >= 4 is 35.6 Å². The van der Waals surface area contributed by atoms with Crippen molar-refractivity contribution in [2.75, 3.05) is 51.6 Å². The normalized spacial score (nSPS) is 19.3. The number of guanidine groups is 1. The third kappa shape index (κ3) is 6.39. The second-order valence-electron chi connectivity index (χ2n) is 7.39. The van der Waals surface area contributed by atoms with E-state index < -0.39 is 0 Å². The van der Waals surface area contributed by atoms with E-state index in [9.17, 15) is 0 Å². The summed E-state index contributed by atoms with van der Waals surface area (Å²) in [4.78, 5) is 9.51. The lowest BCUT2D eigenvalue weighted by Gasteiger charge is -2.20. The van der Waals surface area contributed by atoms with E-state index in [1.807, 2.05) is 0 Å². The number of hydrogen-bond acceptors (Lipinski definition) is 3. The molecule has 1 aromatic rings. The average Bonchev–Trinajstić information content (AvgIpc) is 2.83. The molecule has 3 N–H and O–H groups in total. The van der Waals surface area contributed by atoms with Gasteiger partial charge in [0.15, 0.2) is 5.96 Å². The third-order valence-electron chi connectivity index (χ3n) is 5.39. The van der Waals surface area contributed by atoms with Crippen LogP contribution < -0.4 is 11.1 Å². The zero-order valence-corrected chi connectivity index (χ0v) is 18.4. The Bertz CT molecular complexity index is 590. The Morgan fingerprint density at radius 2 is 1.96 bits per heavy atom. The highest BCUT2D eigenvalue weighted by atomic mass is 127. The van der Waals surface area contributed by atoms with Crippen molar-refractivity contribution in [1.29, 1.82) is 0 Å². The van der Waals surface area contributed by atoms with Crippen molar-refractivity contribution in [3.63, 3.8) is 0 Å². The maximum Gasteiger partial charge on any atom is 0.193 e. The maximum absolute atomic E-state index is 6.12. The molecular weight excluding hydrogens is 437 g/mol. The van der Waals surface area contributed by atoms with E-state index in [1.54, 1.807) is 0 Å². The van der Waals surface area contributed by atoms with E-state index in [4.69, 9.17) is 5.73 Å². The van der Waals surface area contributed by atoms with E-state index in [1.165, 1.54) is 63.0 Å². The molecule has 0 amide bonds. The van der Waals surface area contributed by atoms with Gasteiger partial charge in [0.05, 0.1) is 0 Å². The molecule has 1 aromatic carbocycles. The van der Waals surface area contributed by atoms with E-state index in [0.717, 1.165) is 31.6 Å². The Labute approximate surface area is 175 Å². The first-order chi connectivity index (χ1) is 12.2. The molecule has 1 aliphatic carbocycles. The van der Waals surface area contributed by atoms with Crippen molar-refractivity contribution in [1.82, 2.24) is 9.80 Å². The molecule has 5 nitrogen and oxygen atoms in total. The fourth-order valence-electron chi connectivity index (χ4n) is 3.89. The van der Waals surface area contributed by atoms with Gasteiger partial charge in [-0.1, -0.05) is 12.1 Å². The second kappa shape index (κ2) is 11.1. The summed E-state index contributed by atoms with van der Waals surface area (Å²) in [5.41, 5.74) is 10.2. The zero-order valence-electron chi connectivity index (χ0n) is 16.0. The molecule has 0 atom stereocenters. The number of fused-ring (bicyclic) bond motifs is 1. The number of benzene rings is 1. The van der Waals surface area contributed by atoms with Gasteiger partial charge in [0.25, 0.3) is 0 Å². The van der Waals surface area contributed by atoms with E-state index in [0.29, 0.717) is 5.96 Å². The van der Waals surface area contributed by atoms with Crippen LogP contribution in [0.1, 0.15) is 36.8 Å². The van der Waals surface area contributed by atoms with E-state index in [-0.39, 0.29) is 24.0 Å². The van der Waals surface area contributed by atoms with Crippen LogP contribution in [0.15, 0.2) is 23.2 Å².